The van der Waals surface area contributed by atoms with Gasteiger partial charge >= 0.3 is 11.7 Å². The summed E-state index contributed by atoms with van der Waals surface area (Å²) in [6.45, 7) is 1.37. The highest BCUT2D eigenvalue weighted by atomic mass is 35.5. The van der Waals surface area contributed by atoms with E-state index in [0.717, 1.165) is 24.6 Å². The molecule has 1 heterocycles. The van der Waals surface area contributed by atoms with Crippen molar-refractivity contribution < 1.29 is 28.8 Å². The number of benzene rings is 1. The van der Waals surface area contributed by atoms with Crippen molar-refractivity contribution in [1.82, 2.24) is 5.01 Å². The fraction of sp³-hybridized carbons (Fsp3) is 0.400. The summed E-state index contributed by atoms with van der Waals surface area (Å²) in [6, 6.07) is 2.46. The number of imide groups is 1. The molecule has 1 aliphatic heterocycles. The van der Waals surface area contributed by atoms with Crippen LogP contribution in [-0.2, 0) is 19.1 Å². The lowest BCUT2D eigenvalue weighted by Crippen LogP contribution is -2.28. The number of nitrogens with zero attached hydrogens (tertiary/aromatic N) is 3. The minimum absolute atomic E-state index is 0.0513. The Balaban J connectivity index is 1.59. The smallest absolute Gasteiger partial charge is 0.346 e. The van der Waals surface area contributed by atoms with Crippen molar-refractivity contribution in [3.8, 4) is 5.75 Å². The Kier molecular flexibility index (Phi) is 5.26. The van der Waals surface area contributed by atoms with Crippen LogP contribution in [0.2, 0.25) is 5.02 Å². The number of allylic oxidation sites excluding steroid dienone is 2. The van der Waals surface area contributed by atoms with Crippen molar-refractivity contribution in [2.45, 2.75) is 19.4 Å². The van der Waals surface area contributed by atoms with Crippen molar-refractivity contribution >= 4 is 41.3 Å². The number of hydrazone groups is 1. The Morgan fingerprint density at radius 3 is 2.45 bits per heavy atom. The van der Waals surface area contributed by atoms with Crippen LogP contribution in [0.5, 0.6) is 5.75 Å². The van der Waals surface area contributed by atoms with Crippen LogP contribution in [-0.4, -0.2) is 47.1 Å². The zero-order valence-corrected chi connectivity index (χ0v) is 17.3. The van der Waals surface area contributed by atoms with Gasteiger partial charge in [0.25, 0.3) is 11.8 Å². The number of esters is 1. The third-order valence-electron chi connectivity index (χ3n) is 5.84. The number of amides is 2. The lowest BCUT2D eigenvalue weighted by atomic mass is 9.85. The third-order valence-corrected chi connectivity index (χ3v) is 6.12. The van der Waals surface area contributed by atoms with Gasteiger partial charge in [-0.1, -0.05) is 23.8 Å². The fourth-order valence-corrected chi connectivity index (χ4v) is 4.71. The second kappa shape index (κ2) is 7.77. The standard InChI is InChI=1S/C20H18ClN3O7/c1-9(20(27)30-2)31-17-13(21)5-10(6-14(17)24(28)29)8-22-23-18(25)15-11-3-4-12(7-11)16(15)19(23)26/h3-6,8-9,11-12,15-16H,7H2,1-2H3/t9-,11-,12-,15-,16+/m0/s1. The van der Waals surface area contributed by atoms with Crippen LogP contribution in [0.25, 0.3) is 0 Å². The summed E-state index contributed by atoms with van der Waals surface area (Å²) in [5.74, 6) is -2.44. The van der Waals surface area contributed by atoms with Gasteiger partial charge in [0, 0.05) is 11.6 Å². The topological polar surface area (TPSA) is 128 Å². The molecule has 2 amide bonds. The molecule has 2 fully saturated rings. The van der Waals surface area contributed by atoms with Crippen molar-refractivity contribution in [3.05, 3.63) is 45.0 Å². The van der Waals surface area contributed by atoms with Gasteiger partial charge in [0.2, 0.25) is 5.75 Å². The molecule has 1 saturated heterocycles. The molecule has 0 aromatic heterocycles. The summed E-state index contributed by atoms with van der Waals surface area (Å²) in [4.78, 5) is 47.7. The maximum atomic E-state index is 12.7. The number of nitro benzene ring substituents is 1. The summed E-state index contributed by atoms with van der Waals surface area (Å²) in [5.41, 5.74) is -0.309. The molecular weight excluding hydrogens is 430 g/mol. The molecule has 0 radical (unpaired) electrons. The highest BCUT2D eigenvalue weighted by Gasteiger charge is 2.59. The van der Waals surface area contributed by atoms with Crippen LogP contribution >= 0.6 is 11.6 Å². The van der Waals surface area contributed by atoms with Gasteiger partial charge in [-0.15, -0.1) is 0 Å². The highest BCUT2D eigenvalue weighted by Crippen LogP contribution is 2.52. The average molecular weight is 448 g/mol. The van der Waals surface area contributed by atoms with E-state index in [1.165, 1.54) is 19.2 Å². The quantitative estimate of drug-likeness (QED) is 0.163. The molecule has 2 bridgehead atoms. The summed E-state index contributed by atoms with van der Waals surface area (Å²) in [7, 11) is 1.16. The first-order chi connectivity index (χ1) is 14.7. The first-order valence-electron chi connectivity index (χ1n) is 9.55. The van der Waals surface area contributed by atoms with E-state index in [-0.39, 0.29) is 40.0 Å². The number of rotatable bonds is 6. The minimum Gasteiger partial charge on any atom is -0.471 e. The molecule has 5 atom stereocenters. The lowest BCUT2D eigenvalue weighted by Gasteiger charge is -2.14. The zero-order valence-electron chi connectivity index (χ0n) is 16.6. The largest absolute Gasteiger partial charge is 0.471 e. The monoisotopic (exact) mass is 447 g/mol. The molecule has 0 unspecified atom stereocenters. The van der Waals surface area contributed by atoms with Crippen LogP contribution in [0.4, 0.5) is 5.69 Å². The molecule has 1 aromatic rings. The molecule has 31 heavy (non-hydrogen) atoms. The van der Waals surface area contributed by atoms with E-state index in [1.54, 1.807) is 0 Å². The Bertz CT molecular complexity index is 1020. The molecule has 11 heteroatoms. The van der Waals surface area contributed by atoms with Gasteiger partial charge in [-0.05, 0) is 31.2 Å². The minimum atomic E-state index is -1.12. The Labute approximate surface area is 181 Å². The second-order valence-corrected chi connectivity index (χ2v) is 8.03. The number of halogens is 1. The maximum Gasteiger partial charge on any atom is 0.346 e. The molecule has 1 saturated carbocycles. The summed E-state index contributed by atoms with van der Waals surface area (Å²) >= 11 is 6.15. The van der Waals surface area contributed by atoms with E-state index in [1.807, 2.05) is 12.2 Å². The predicted molar refractivity (Wildman–Crippen MR) is 107 cm³/mol. The molecule has 10 nitrogen and oxygen atoms in total. The molecule has 0 spiro atoms. The number of hydrogen-bond donors (Lipinski definition) is 0. The van der Waals surface area contributed by atoms with E-state index in [2.05, 4.69) is 9.84 Å². The Morgan fingerprint density at radius 1 is 1.29 bits per heavy atom. The van der Waals surface area contributed by atoms with E-state index in [0.29, 0.717) is 0 Å². The van der Waals surface area contributed by atoms with E-state index in [9.17, 15) is 24.5 Å². The van der Waals surface area contributed by atoms with Gasteiger partial charge in [-0.2, -0.15) is 10.1 Å². The van der Waals surface area contributed by atoms with Crippen LogP contribution < -0.4 is 4.74 Å². The van der Waals surface area contributed by atoms with Crippen LogP contribution in [0.15, 0.2) is 29.4 Å². The summed E-state index contributed by atoms with van der Waals surface area (Å²) < 4.78 is 9.86. The van der Waals surface area contributed by atoms with Crippen molar-refractivity contribution in [2.24, 2.45) is 28.8 Å². The molecule has 1 aromatic carbocycles. The highest BCUT2D eigenvalue weighted by molar-refractivity contribution is 6.32. The molecule has 2 aliphatic carbocycles. The van der Waals surface area contributed by atoms with Gasteiger partial charge in [0.1, 0.15) is 0 Å². The number of hydrogen-bond acceptors (Lipinski definition) is 8. The molecule has 4 rings (SSSR count). The fourth-order valence-electron chi connectivity index (χ4n) is 4.44. The number of methoxy groups -OCH3 is 1. The number of ether oxygens (including phenoxy) is 2. The van der Waals surface area contributed by atoms with Gasteiger partial charge in [-0.3, -0.25) is 19.7 Å². The summed E-state index contributed by atoms with van der Waals surface area (Å²) in [5, 5.41) is 16.2. The van der Waals surface area contributed by atoms with Gasteiger partial charge in [0.15, 0.2) is 6.10 Å². The number of carbonyl (C=O) groups is 3. The number of carbonyl (C=O) groups excluding carboxylic acids is 3. The van der Waals surface area contributed by atoms with Crippen molar-refractivity contribution in [1.29, 1.82) is 0 Å². The first kappa shape index (κ1) is 21.0. The third kappa shape index (κ3) is 3.46. The average Bonchev–Trinajstić information content (AvgIpc) is 3.41. The lowest BCUT2D eigenvalue weighted by molar-refractivity contribution is -0.386. The van der Waals surface area contributed by atoms with Crippen molar-refractivity contribution in [3.63, 3.8) is 0 Å². The normalized spacial score (nSPS) is 27.1. The number of fused-ring (bicyclic) bond motifs is 5. The first-order valence-corrected chi connectivity index (χ1v) is 9.93. The van der Waals surface area contributed by atoms with Crippen LogP contribution in [0.1, 0.15) is 18.9 Å². The molecular formula is C20H18ClN3O7. The van der Waals surface area contributed by atoms with Gasteiger partial charge < -0.3 is 9.47 Å². The van der Waals surface area contributed by atoms with Gasteiger partial charge in [-0.25, -0.2) is 4.79 Å². The van der Waals surface area contributed by atoms with E-state index >= 15 is 0 Å². The van der Waals surface area contributed by atoms with Gasteiger partial charge in [0.05, 0.1) is 35.1 Å². The summed E-state index contributed by atoms with van der Waals surface area (Å²) in [6.07, 6.45) is 4.79. The maximum absolute atomic E-state index is 12.7. The van der Waals surface area contributed by atoms with Crippen molar-refractivity contribution in [2.75, 3.05) is 7.11 Å². The number of nitro groups is 1. The Morgan fingerprint density at radius 2 is 1.90 bits per heavy atom. The van der Waals surface area contributed by atoms with E-state index in [4.69, 9.17) is 16.3 Å². The predicted octanol–water partition coefficient (Wildman–Crippen LogP) is 2.33. The SMILES string of the molecule is COC(=O)[C@H](C)Oc1c(Cl)cc(C=NN2C(=O)[C@@H]3[C@H](C2=O)[C@H]2C=C[C@H]3C2)cc1[N+](=O)[O-]. The van der Waals surface area contributed by atoms with Crippen LogP contribution in [0, 0.1) is 33.8 Å². The zero-order chi connectivity index (χ0) is 22.4. The molecule has 0 N–H and O–H groups in total. The van der Waals surface area contributed by atoms with E-state index < -0.39 is 34.5 Å². The second-order valence-electron chi connectivity index (χ2n) is 7.62. The molecule has 3 aliphatic rings. The van der Waals surface area contributed by atoms with Crippen LogP contribution in [0.3, 0.4) is 0 Å². The molecule has 162 valence electrons. The Hall–Kier alpha value is -3.27.